The third-order valence-corrected chi connectivity index (χ3v) is 4.65. The number of rotatable bonds is 4. The van der Waals surface area contributed by atoms with E-state index in [1.54, 1.807) is 0 Å². The van der Waals surface area contributed by atoms with Gasteiger partial charge in [0.15, 0.2) is 0 Å². The molecule has 1 aromatic carbocycles. The lowest BCUT2D eigenvalue weighted by Gasteiger charge is -2.26. The normalized spacial score (nSPS) is 29.8. The molecule has 0 amide bonds. The van der Waals surface area contributed by atoms with E-state index < -0.39 is 0 Å². The maximum absolute atomic E-state index is 5.95. The summed E-state index contributed by atoms with van der Waals surface area (Å²) in [6, 6.07) is 8.41. The molecular formula is C17H25NO. The predicted octanol–water partition coefficient (Wildman–Crippen LogP) is 3.41. The van der Waals surface area contributed by atoms with Crippen molar-refractivity contribution in [3.63, 3.8) is 0 Å². The van der Waals surface area contributed by atoms with Gasteiger partial charge >= 0.3 is 0 Å². The van der Waals surface area contributed by atoms with Gasteiger partial charge in [-0.3, -0.25) is 0 Å². The first-order valence-corrected chi connectivity index (χ1v) is 7.76. The molecule has 3 rings (SSSR count). The van der Waals surface area contributed by atoms with Crippen molar-refractivity contribution in [3.8, 4) is 5.75 Å². The molecular weight excluding hydrogens is 234 g/mol. The Morgan fingerprint density at radius 3 is 2.68 bits per heavy atom. The van der Waals surface area contributed by atoms with Gasteiger partial charge in [0.05, 0.1) is 0 Å². The van der Waals surface area contributed by atoms with Crippen LogP contribution in [-0.2, 0) is 6.42 Å². The van der Waals surface area contributed by atoms with Crippen LogP contribution in [0.15, 0.2) is 24.3 Å². The predicted molar refractivity (Wildman–Crippen MR) is 78.6 cm³/mol. The first-order chi connectivity index (χ1) is 9.31. The fourth-order valence-electron chi connectivity index (χ4n) is 3.35. The van der Waals surface area contributed by atoms with Crippen LogP contribution in [0, 0.1) is 11.8 Å². The molecule has 1 unspecified atom stereocenters. The Morgan fingerprint density at radius 2 is 1.89 bits per heavy atom. The molecule has 1 aliphatic carbocycles. The van der Waals surface area contributed by atoms with Gasteiger partial charge in [0.1, 0.15) is 11.9 Å². The van der Waals surface area contributed by atoms with Crippen molar-refractivity contribution in [1.82, 2.24) is 5.32 Å². The highest BCUT2D eigenvalue weighted by molar-refractivity contribution is 5.37. The van der Waals surface area contributed by atoms with Crippen LogP contribution in [0.3, 0.4) is 0 Å². The molecule has 1 fully saturated rings. The van der Waals surface area contributed by atoms with Gasteiger partial charge in [0.25, 0.3) is 0 Å². The highest BCUT2D eigenvalue weighted by Gasteiger charge is 2.23. The molecule has 2 nitrogen and oxygen atoms in total. The van der Waals surface area contributed by atoms with Crippen molar-refractivity contribution in [2.75, 3.05) is 13.1 Å². The molecule has 1 aliphatic heterocycles. The third-order valence-electron chi connectivity index (χ3n) is 4.65. The van der Waals surface area contributed by atoms with E-state index in [2.05, 4.69) is 36.5 Å². The van der Waals surface area contributed by atoms with Crippen LogP contribution in [0.4, 0.5) is 0 Å². The van der Waals surface area contributed by atoms with Crippen LogP contribution in [0.25, 0.3) is 0 Å². The number of benzene rings is 1. The Morgan fingerprint density at radius 1 is 1.11 bits per heavy atom. The lowest BCUT2D eigenvalue weighted by Crippen LogP contribution is -2.34. The van der Waals surface area contributed by atoms with Gasteiger partial charge in [-0.2, -0.15) is 0 Å². The maximum Gasteiger partial charge on any atom is 0.123 e. The van der Waals surface area contributed by atoms with Crippen molar-refractivity contribution >= 4 is 0 Å². The van der Waals surface area contributed by atoms with Crippen molar-refractivity contribution in [2.45, 2.75) is 45.1 Å². The third kappa shape index (κ3) is 3.30. The van der Waals surface area contributed by atoms with Gasteiger partial charge in [-0.15, -0.1) is 0 Å². The van der Waals surface area contributed by atoms with E-state index in [4.69, 9.17) is 4.74 Å². The zero-order valence-corrected chi connectivity index (χ0v) is 11.9. The first-order valence-electron chi connectivity index (χ1n) is 7.76. The summed E-state index contributed by atoms with van der Waals surface area (Å²) in [6.07, 6.45) is 7.03. The van der Waals surface area contributed by atoms with Crippen LogP contribution in [0.5, 0.6) is 5.75 Å². The van der Waals surface area contributed by atoms with Gasteiger partial charge in [-0.05, 0) is 42.9 Å². The number of hydrogen-bond acceptors (Lipinski definition) is 2. The second-order valence-corrected chi connectivity index (χ2v) is 6.34. The summed E-state index contributed by atoms with van der Waals surface area (Å²) in [5.74, 6) is 2.92. The molecule has 1 saturated carbocycles. The summed E-state index contributed by atoms with van der Waals surface area (Å²) in [6.45, 7) is 4.54. The van der Waals surface area contributed by atoms with Crippen molar-refractivity contribution < 1.29 is 4.74 Å². The Hall–Kier alpha value is -1.02. The van der Waals surface area contributed by atoms with Crippen LogP contribution in [-0.4, -0.2) is 19.2 Å². The zero-order valence-electron chi connectivity index (χ0n) is 11.9. The van der Waals surface area contributed by atoms with E-state index >= 15 is 0 Å². The summed E-state index contributed by atoms with van der Waals surface area (Å²) in [7, 11) is 0. The number of nitrogens with one attached hydrogen (secondary N) is 1. The summed E-state index contributed by atoms with van der Waals surface area (Å²) < 4.78 is 5.95. The molecule has 0 radical (unpaired) electrons. The standard InChI is InChI=1S/C17H25NO/c1-13-6-8-14(9-7-13)11-18-12-16-10-15-4-2-3-5-17(15)19-16/h2-5,13-14,16,18H,6-12H2,1H3. The molecule has 104 valence electrons. The number of para-hydroxylation sites is 1. The fourth-order valence-corrected chi connectivity index (χ4v) is 3.35. The smallest absolute Gasteiger partial charge is 0.123 e. The zero-order chi connectivity index (χ0) is 13.1. The van der Waals surface area contributed by atoms with Crippen LogP contribution in [0.1, 0.15) is 38.2 Å². The van der Waals surface area contributed by atoms with Crippen molar-refractivity contribution in [3.05, 3.63) is 29.8 Å². The molecule has 0 saturated heterocycles. The van der Waals surface area contributed by atoms with Gasteiger partial charge in [0, 0.05) is 13.0 Å². The van der Waals surface area contributed by atoms with Crippen molar-refractivity contribution in [1.29, 1.82) is 0 Å². The van der Waals surface area contributed by atoms with Crippen LogP contribution < -0.4 is 10.1 Å². The molecule has 1 heterocycles. The highest BCUT2D eigenvalue weighted by Crippen LogP contribution is 2.29. The topological polar surface area (TPSA) is 21.3 Å². The van der Waals surface area contributed by atoms with Crippen LogP contribution in [0.2, 0.25) is 0 Å². The summed E-state index contributed by atoms with van der Waals surface area (Å²) >= 11 is 0. The van der Waals surface area contributed by atoms with Gasteiger partial charge in [-0.25, -0.2) is 0 Å². The lowest BCUT2D eigenvalue weighted by atomic mass is 9.83. The summed E-state index contributed by atoms with van der Waals surface area (Å²) in [5, 5.41) is 3.62. The second-order valence-electron chi connectivity index (χ2n) is 6.34. The van der Waals surface area contributed by atoms with Gasteiger partial charge < -0.3 is 10.1 Å². The average Bonchev–Trinajstić information content (AvgIpc) is 2.83. The highest BCUT2D eigenvalue weighted by atomic mass is 16.5. The first kappa shape index (κ1) is 13.0. The molecule has 2 aliphatic rings. The van der Waals surface area contributed by atoms with Crippen molar-refractivity contribution in [2.24, 2.45) is 11.8 Å². The fraction of sp³-hybridized carbons (Fsp3) is 0.647. The van der Waals surface area contributed by atoms with E-state index in [0.717, 1.165) is 30.6 Å². The molecule has 1 atom stereocenters. The van der Waals surface area contributed by atoms with E-state index in [-0.39, 0.29) is 0 Å². The Bertz CT molecular complexity index is 384. The largest absolute Gasteiger partial charge is 0.488 e. The Balaban J connectivity index is 1.38. The van der Waals surface area contributed by atoms with E-state index in [1.807, 2.05) is 0 Å². The molecule has 2 heteroatoms. The molecule has 0 aromatic heterocycles. The minimum atomic E-state index is 0.333. The SMILES string of the molecule is CC1CCC(CNCC2Cc3ccccc3O2)CC1. The molecule has 0 spiro atoms. The number of fused-ring (bicyclic) bond motifs is 1. The molecule has 19 heavy (non-hydrogen) atoms. The lowest BCUT2D eigenvalue weighted by molar-refractivity contribution is 0.216. The summed E-state index contributed by atoms with van der Waals surface area (Å²) in [5.41, 5.74) is 1.36. The van der Waals surface area contributed by atoms with Gasteiger partial charge in [0.2, 0.25) is 0 Å². The second kappa shape index (κ2) is 5.96. The summed E-state index contributed by atoms with van der Waals surface area (Å²) in [4.78, 5) is 0. The van der Waals surface area contributed by atoms with E-state index in [0.29, 0.717) is 6.10 Å². The Kier molecular flexibility index (Phi) is 4.07. The maximum atomic E-state index is 5.95. The molecule has 0 bridgehead atoms. The van der Waals surface area contributed by atoms with E-state index in [1.165, 1.54) is 37.8 Å². The monoisotopic (exact) mass is 259 g/mol. The Labute approximate surface area is 116 Å². The average molecular weight is 259 g/mol. The minimum Gasteiger partial charge on any atom is -0.488 e. The number of ether oxygens (including phenoxy) is 1. The quantitative estimate of drug-likeness (QED) is 0.894. The molecule has 1 aromatic rings. The van der Waals surface area contributed by atoms with Crippen LogP contribution >= 0.6 is 0 Å². The molecule has 1 N–H and O–H groups in total. The minimum absolute atomic E-state index is 0.333. The number of hydrogen-bond donors (Lipinski definition) is 1. The van der Waals surface area contributed by atoms with Gasteiger partial charge in [-0.1, -0.05) is 38.0 Å². The van der Waals surface area contributed by atoms with E-state index in [9.17, 15) is 0 Å².